The van der Waals surface area contributed by atoms with Crippen LogP contribution in [-0.4, -0.2) is 32.2 Å². The molecule has 23 heavy (non-hydrogen) atoms. The molecule has 122 valence electrons. The van der Waals surface area contributed by atoms with Gasteiger partial charge in [0.15, 0.2) is 0 Å². The van der Waals surface area contributed by atoms with Gasteiger partial charge in [0.1, 0.15) is 0 Å². The third-order valence-corrected chi connectivity index (χ3v) is 4.48. The number of anilines is 2. The minimum absolute atomic E-state index is 0.472. The van der Waals surface area contributed by atoms with Crippen molar-refractivity contribution >= 4 is 11.4 Å². The lowest BCUT2D eigenvalue weighted by Crippen LogP contribution is -2.43. The third kappa shape index (κ3) is 4.05. The van der Waals surface area contributed by atoms with Crippen LogP contribution in [0.15, 0.2) is 54.6 Å². The van der Waals surface area contributed by atoms with Gasteiger partial charge in [-0.15, -0.1) is 0 Å². The summed E-state index contributed by atoms with van der Waals surface area (Å²) in [6, 6.07) is 20.2. The highest BCUT2D eigenvalue weighted by molar-refractivity contribution is 5.57. The van der Waals surface area contributed by atoms with Crippen molar-refractivity contribution in [2.24, 2.45) is 0 Å². The number of nitrogens with zero attached hydrogens (tertiary/aromatic N) is 2. The molecule has 1 saturated heterocycles. The van der Waals surface area contributed by atoms with Crippen molar-refractivity contribution < 1.29 is 0 Å². The quantitative estimate of drug-likeness (QED) is 0.912. The Bertz CT molecular complexity index is 586. The number of hydrogen-bond donors (Lipinski definition) is 1. The maximum Gasteiger partial charge on any atom is 0.0432 e. The van der Waals surface area contributed by atoms with E-state index in [1.54, 1.807) is 0 Å². The number of hydrogen-bond acceptors (Lipinski definition) is 3. The minimum atomic E-state index is 0.472. The summed E-state index contributed by atoms with van der Waals surface area (Å²) in [6.07, 6.45) is 0. The summed E-state index contributed by atoms with van der Waals surface area (Å²) in [6.45, 7) is 9.81. The highest BCUT2D eigenvalue weighted by Crippen LogP contribution is 2.24. The van der Waals surface area contributed by atoms with Gasteiger partial charge in [0.25, 0.3) is 0 Å². The highest BCUT2D eigenvalue weighted by Gasteiger charge is 2.13. The lowest BCUT2D eigenvalue weighted by atomic mass is 10.1. The molecule has 0 bridgehead atoms. The number of piperazine rings is 1. The van der Waals surface area contributed by atoms with Gasteiger partial charge in [0.2, 0.25) is 0 Å². The van der Waals surface area contributed by atoms with E-state index in [0.717, 1.165) is 32.7 Å². The topological polar surface area (TPSA) is 18.5 Å². The Labute approximate surface area is 139 Å². The Morgan fingerprint density at radius 2 is 1.61 bits per heavy atom. The molecule has 0 aromatic heterocycles. The van der Waals surface area contributed by atoms with Crippen LogP contribution in [0.25, 0.3) is 0 Å². The van der Waals surface area contributed by atoms with Gasteiger partial charge >= 0.3 is 0 Å². The number of rotatable bonds is 5. The van der Waals surface area contributed by atoms with E-state index in [4.69, 9.17) is 0 Å². The standard InChI is InChI=1S/C20H27N3/c1-17(2)23(16-18-6-4-3-5-7-18)20-10-8-19(9-11-20)22-14-12-21-13-15-22/h3-11,17,21H,12-16H2,1-2H3. The third-order valence-electron chi connectivity index (χ3n) is 4.48. The fraction of sp³-hybridized carbons (Fsp3) is 0.400. The lowest BCUT2D eigenvalue weighted by molar-refractivity contribution is 0.589. The Morgan fingerprint density at radius 1 is 0.957 bits per heavy atom. The maximum absolute atomic E-state index is 3.41. The van der Waals surface area contributed by atoms with Crippen LogP contribution in [0.5, 0.6) is 0 Å². The highest BCUT2D eigenvalue weighted by atomic mass is 15.2. The molecule has 3 nitrogen and oxygen atoms in total. The molecule has 0 spiro atoms. The minimum Gasteiger partial charge on any atom is -0.369 e. The van der Waals surface area contributed by atoms with Crippen molar-refractivity contribution in [3.05, 3.63) is 60.2 Å². The van der Waals surface area contributed by atoms with E-state index in [9.17, 15) is 0 Å². The second-order valence-corrected chi connectivity index (χ2v) is 6.46. The van der Waals surface area contributed by atoms with Crippen molar-refractivity contribution in [1.29, 1.82) is 0 Å². The van der Waals surface area contributed by atoms with E-state index < -0.39 is 0 Å². The summed E-state index contributed by atoms with van der Waals surface area (Å²) >= 11 is 0. The van der Waals surface area contributed by atoms with E-state index in [0.29, 0.717) is 6.04 Å². The Kier molecular flexibility index (Phi) is 5.19. The Morgan fingerprint density at radius 3 is 2.22 bits per heavy atom. The molecule has 0 radical (unpaired) electrons. The molecule has 0 aliphatic carbocycles. The van der Waals surface area contributed by atoms with E-state index in [1.165, 1.54) is 16.9 Å². The van der Waals surface area contributed by atoms with Gasteiger partial charge in [0.05, 0.1) is 0 Å². The van der Waals surface area contributed by atoms with Gasteiger partial charge in [-0.25, -0.2) is 0 Å². The first kappa shape index (κ1) is 15.9. The zero-order valence-corrected chi connectivity index (χ0v) is 14.2. The van der Waals surface area contributed by atoms with E-state index >= 15 is 0 Å². The molecule has 3 rings (SSSR count). The molecule has 0 unspecified atom stereocenters. The largest absolute Gasteiger partial charge is 0.369 e. The fourth-order valence-corrected chi connectivity index (χ4v) is 3.13. The first-order chi connectivity index (χ1) is 11.2. The summed E-state index contributed by atoms with van der Waals surface area (Å²) in [7, 11) is 0. The summed E-state index contributed by atoms with van der Waals surface area (Å²) < 4.78 is 0. The zero-order valence-electron chi connectivity index (χ0n) is 14.2. The van der Waals surface area contributed by atoms with Crippen molar-refractivity contribution in [1.82, 2.24) is 5.32 Å². The number of benzene rings is 2. The zero-order chi connectivity index (χ0) is 16.1. The smallest absolute Gasteiger partial charge is 0.0432 e. The molecule has 1 heterocycles. The Hall–Kier alpha value is -2.00. The molecule has 0 saturated carbocycles. The molecule has 3 heteroatoms. The normalized spacial score (nSPS) is 15.0. The van der Waals surface area contributed by atoms with Crippen molar-refractivity contribution in [3.63, 3.8) is 0 Å². The van der Waals surface area contributed by atoms with Crippen LogP contribution >= 0.6 is 0 Å². The average molecular weight is 309 g/mol. The van der Waals surface area contributed by atoms with Crippen molar-refractivity contribution in [2.75, 3.05) is 36.0 Å². The second-order valence-electron chi connectivity index (χ2n) is 6.46. The average Bonchev–Trinajstić information content (AvgIpc) is 2.61. The van der Waals surface area contributed by atoms with Gasteiger partial charge in [-0.3, -0.25) is 0 Å². The molecule has 2 aromatic rings. The van der Waals surface area contributed by atoms with Crippen molar-refractivity contribution in [3.8, 4) is 0 Å². The van der Waals surface area contributed by atoms with Crippen LogP contribution in [0.1, 0.15) is 19.4 Å². The summed E-state index contributed by atoms with van der Waals surface area (Å²) in [5.41, 5.74) is 3.98. The summed E-state index contributed by atoms with van der Waals surface area (Å²) in [5.74, 6) is 0. The fourth-order valence-electron chi connectivity index (χ4n) is 3.13. The molecule has 1 aliphatic heterocycles. The molecule has 1 N–H and O–H groups in total. The van der Waals surface area contributed by atoms with Crippen LogP contribution in [-0.2, 0) is 6.54 Å². The van der Waals surface area contributed by atoms with Crippen molar-refractivity contribution in [2.45, 2.75) is 26.4 Å². The molecule has 0 atom stereocenters. The van der Waals surface area contributed by atoms with Gasteiger partial charge in [-0.1, -0.05) is 30.3 Å². The van der Waals surface area contributed by atoms with Gasteiger partial charge in [-0.2, -0.15) is 0 Å². The monoisotopic (exact) mass is 309 g/mol. The first-order valence-electron chi connectivity index (χ1n) is 8.60. The molecular weight excluding hydrogens is 282 g/mol. The lowest BCUT2D eigenvalue weighted by Gasteiger charge is -2.32. The van der Waals surface area contributed by atoms with Gasteiger partial charge in [-0.05, 0) is 43.7 Å². The summed E-state index contributed by atoms with van der Waals surface area (Å²) in [5, 5.41) is 3.41. The molecule has 1 fully saturated rings. The maximum atomic E-state index is 3.41. The van der Waals surface area contributed by atoms with Crippen LogP contribution in [0.4, 0.5) is 11.4 Å². The van der Waals surface area contributed by atoms with E-state index in [1.807, 2.05) is 0 Å². The van der Waals surface area contributed by atoms with E-state index in [2.05, 4.69) is 83.6 Å². The second kappa shape index (κ2) is 7.51. The molecular formula is C20H27N3. The van der Waals surface area contributed by atoms with Crippen LogP contribution in [0, 0.1) is 0 Å². The molecule has 0 amide bonds. The SMILES string of the molecule is CC(C)N(Cc1ccccc1)c1ccc(N2CCNCC2)cc1. The first-order valence-corrected chi connectivity index (χ1v) is 8.60. The number of nitrogens with one attached hydrogen (secondary N) is 1. The summed E-state index contributed by atoms with van der Waals surface area (Å²) in [4.78, 5) is 4.91. The predicted octanol–water partition coefficient (Wildman–Crippen LogP) is 3.51. The van der Waals surface area contributed by atoms with E-state index in [-0.39, 0.29) is 0 Å². The van der Waals surface area contributed by atoms with Crippen LogP contribution in [0.2, 0.25) is 0 Å². The van der Waals surface area contributed by atoms with Crippen LogP contribution in [0.3, 0.4) is 0 Å². The molecule has 1 aliphatic rings. The predicted molar refractivity (Wildman–Crippen MR) is 99.3 cm³/mol. The molecule has 2 aromatic carbocycles. The van der Waals surface area contributed by atoms with Gasteiger partial charge < -0.3 is 15.1 Å². The van der Waals surface area contributed by atoms with Crippen LogP contribution < -0.4 is 15.1 Å². The van der Waals surface area contributed by atoms with Gasteiger partial charge in [0, 0.05) is 50.1 Å². The Balaban J connectivity index is 1.74.